The van der Waals surface area contributed by atoms with Crippen molar-refractivity contribution in [3.05, 3.63) is 82.4 Å². The number of carbonyl (C=O) groups is 2. The predicted octanol–water partition coefficient (Wildman–Crippen LogP) is 5.10. The maximum Gasteiger partial charge on any atom is 0.250 e. The van der Waals surface area contributed by atoms with Crippen LogP contribution >= 0.6 is 11.3 Å². The number of carbonyl (C=O) groups excluding carboxylic acids is 2. The summed E-state index contributed by atoms with van der Waals surface area (Å²) in [6, 6.07) is 16.6. The van der Waals surface area contributed by atoms with Gasteiger partial charge in [-0.1, -0.05) is 55.7 Å². The first-order valence-corrected chi connectivity index (χ1v) is 11.8. The van der Waals surface area contributed by atoms with E-state index in [0.717, 1.165) is 36.1 Å². The van der Waals surface area contributed by atoms with Gasteiger partial charge in [-0.05, 0) is 42.0 Å². The maximum atomic E-state index is 13.5. The van der Waals surface area contributed by atoms with Crippen molar-refractivity contribution in [1.82, 2.24) is 10.2 Å². The Morgan fingerprint density at radius 3 is 2.52 bits per heavy atom. The number of hydrogen-bond acceptors (Lipinski definition) is 4. The molecule has 0 unspecified atom stereocenters. The molecule has 1 aliphatic carbocycles. The summed E-state index contributed by atoms with van der Waals surface area (Å²) in [5.41, 5.74) is 0.976. The van der Waals surface area contributed by atoms with Crippen molar-refractivity contribution in [3.63, 3.8) is 0 Å². The number of amides is 2. The average Bonchev–Trinajstić information content (AvgIpc) is 3.49. The van der Waals surface area contributed by atoms with Crippen LogP contribution in [-0.2, 0) is 22.6 Å². The molecule has 0 bridgehead atoms. The lowest BCUT2D eigenvalue weighted by Gasteiger charge is -2.32. The van der Waals surface area contributed by atoms with E-state index in [-0.39, 0.29) is 24.3 Å². The molecule has 5 nitrogen and oxygen atoms in total. The van der Waals surface area contributed by atoms with Gasteiger partial charge in [-0.15, -0.1) is 11.3 Å². The minimum Gasteiger partial charge on any atom is -0.467 e. The minimum absolute atomic E-state index is 0.0912. The fourth-order valence-corrected chi connectivity index (χ4v) is 4.86. The zero-order chi connectivity index (χ0) is 21.5. The molecule has 1 fully saturated rings. The SMILES string of the molecule is O=C(NC1CCCCC1)[C@@H](c1ccco1)N(Cc1ccccc1)C(=O)Cc1cccs1. The number of hydrogen-bond donors (Lipinski definition) is 1. The lowest BCUT2D eigenvalue weighted by atomic mass is 9.95. The second-order valence-corrected chi connectivity index (χ2v) is 9.06. The molecule has 2 aromatic heterocycles. The van der Waals surface area contributed by atoms with Crippen LogP contribution in [0.1, 0.15) is 54.3 Å². The van der Waals surface area contributed by atoms with E-state index in [2.05, 4.69) is 5.32 Å². The summed E-state index contributed by atoms with van der Waals surface area (Å²) < 4.78 is 5.66. The molecule has 1 aliphatic rings. The van der Waals surface area contributed by atoms with Crippen molar-refractivity contribution in [2.45, 2.75) is 57.2 Å². The summed E-state index contributed by atoms with van der Waals surface area (Å²) >= 11 is 1.55. The third kappa shape index (κ3) is 5.64. The Kier molecular flexibility index (Phi) is 7.20. The first-order valence-electron chi connectivity index (χ1n) is 10.9. The maximum absolute atomic E-state index is 13.5. The van der Waals surface area contributed by atoms with Crippen LogP contribution in [-0.4, -0.2) is 22.8 Å². The molecule has 2 amide bonds. The average molecular weight is 437 g/mol. The first kappa shape index (κ1) is 21.4. The van der Waals surface area contributed by atoms with Crippen LogP contribution in [0, 0.1) is 0 Å². The molecule has 0 saturated heterocycles. The van der Waals surface area contributed by atoms with E-state index in [0.29, 0.717) is 12.3 Å². The normalized spacial score (nSPS) is 15.4. The standard InChI is InChI=1S/C25H28N2O3S/c28-23(17-21-13-8-16-31-21)27(18-19-9-3-1-4-10-19)24(22-14-7-15-30-22)25(29)26-20-11-5-2-6-12-20/h1,3-4,7-10,13-16,20,24H,2,5-6,11-12,17-18H2,(H,26,29)/t24-/m1/s1. The van der Waals surface area contributed by atoms with Gasteiger partial charge >= 0.3 is 0 Å². The minimum atomic E-state index is -0.801. The molecule has 6 heteroatoms. The second-order valence-electron chi connectivity index (χ2n) is 8.02. The summed E-state index contributed by atoms with van der Waals surface area (Å²) in [5, 5.41) is 5.16. The number of thiophene rings is 1. The van der Waals surface area contributed by atoms with Crippen LogP contribution in [0.15, 0.2) is 70.7 Å². The molecule has 4 rings (SSSR count). The van der Waals surface area contributed by atoms with Crippen molar-refractivity contribution < 1.29 is 14.0 Å². The molecule has 1 N–H and O–H groups in total. The molecule has 162 valence electrons. The Morgan fingerprint density at radius 2 is 1.84 bits per heavy atom. The monoisotopic (exact) mass is 436 g/mol. The Balaban J connectivity index is 1.62. The highest BCUT2D eigenvalue weighted by Crippen LogP contribution is 2.27. The fraction of sp³-hybridized carbons (Fsp3) is 0.360. The number of furan rings is 1. The van der Waals surface area contributed by atoms with Crippen molar-refractivity contribution in [2.24, 2.45) is 0 Å². The molecule has 0 radical (unpaired) electrons. The van der Waals surface area contributed by atoms with E-state index >= 15 is 0 Å². The van der Waals surface area contributed by atoms with Gasteiger partial charge in [0.25, 0.3) is 5.91 Å². The fourth-order valence-electron chi connectivity index (χ4n) is 4.17. The van der Waals surface area contributed by atoms with Gasteiger partial charge in [0.15, 0.2) is 6.04 Å². The number of nitrogens with one attached hydrogen (secondary N) is 1. The molecule has 1 atom stereocenters. The molecule has 1 saturated carbocycles. The van der Waals surface area contributed by atoms with Crippen LogP contribution in [0.4, 0.5) is 0 Å². The highest BCUT2D eigenvalue weighted by molar-refractivity contribution is 7.10. The smallest absolute Gasteiger partial charge is 0.250 e. The second kappa shape index (κ2) is 10.4. The van der Waals surface area contributed by atoms with Gasteiger partial charge < -0.3 is 14.6 Å². The summed E-state index contributed by atoms with van der Waals surface area (Å²) in [6.07, 6.45) is 7.26. The number of benzene rings is 1. The van der Waals surface area contributed by atoms with Crippen molar-refractivity contribution >= 4 is 23.2 Å². The van der Waals surface area contributed by atoms with Gasteiger partial charge in [0, 0.05) is 17.5 Å². The molecular weight excluding hydrogens is 408 g/mol. The molecular formula is C25H28N2O3S. The zero-order valence-corrected chi connectivity index (χ0v) is 18.4. The van der Waals surface area contributed by atoms with E-state index < -0.39 is 6.04 Å². The van der Waals surface area contributed by atoms with Crippen LogP contribution in [0.25, 0.3) is 0 Å². The van der Waals surface area contributed by atoms with E-state index in [9.17, 15) is 9.59 Å². The molecule has 2 heterocycles. The summed E-state index contributed by atoms with van der Waals surface area (Å²) in [6.45, 7) is 0.342. The van der Waals surface area contributed by atoms with Gasteiger partial charge in [0.05, 0.1) is 12.7 Å². The largest absolute Gasteiger partial charge is 0.467 e. The van der Waals surface area contributed by atoms with E-state index in [1.54, 1.807) is 34.6 Å². The van der Waals surface area contributed by atoms with Crippen molar-refractivity contribution in [1.29, 1.82) is 0 Å². The Labute approximate surface area is 187 Å². The Bertz CT molecular complexity index is 948. The third-order valence-corrected chi connectivity index (χ3v) is 6.62. The Hall–Kier alpha value is -2.86. The van der Waals surface area contributed by atoms with Crippen LogP contribution in [0.2, 0.25) is 0 Å². The van der Waals surface area contributed by atoms with Gasteiger partial charge in [0.2, 0.25) is 5.91 Å². The summed E-state index contributed by atoms with van der Waals surface area (Å²) in [5.74, 6) is 0.229. The zero-order valence-electron chi connectivity index (χ0n) is 17.5. The molecule has 3 aromatic rings. The number of rotatable bonds is 8. The topological polar surface area (TPSA) is 62.6 Å². The lowest BCUT2D eigenvalue weighted by molar-refractivity contribution is -0.142. The van der Waals surface area contributed by atoms with Gasteiger partial charge in [-0.25, -0.2) is 0 Å². The molecule has 0 spiro atoms. The van der Waals surface area contributed by atoms with E-state index in [4.69, 9.17) is 4.42 Å². The lowest BCUT2D eigenvalue weighted by Crippen LogP contribution is -2.47. The van der Waals surface area contributed by atoms with Crippen molar-refractivity contribution in [2.75, 3.05) is 0 Å². The molecule has 1 aromatic carbocycles. The van der Waals surface area contributed by atoms with Gasteiger partial charge in [-0.2, -0.15) is 0 Å². The van der Waals surface area contributed by atoms with Crippen LogP contribution in [0.5, 0.6) is 0 Å². The van der Waals surface area contributed by atoms with Crippen LogP contribution < -0.4 is 5.32 Å². The van der Waals surface area contributed by atoms with Gasteiger partial charge in [0.1, 0.15) is 5.76 Å². The third-order valence-electron chi connectivity index (χ3n) is 5.75. The van der Waals surface area contributed by atoms with E-state index in [1.807, 2.05) is 47.8 Å². The first-order chi connectivity index (χ1) is 15.2. The molecule has 0 aliphatic heterocycles. The Morgan fingerprint density at radius 1 is 1.03 bits per heavy atom. The van der Waals surface area contributed by atoms with Crippen molar-refractivity contribution in [3.8, 4) is 0 Å². The van der Waals surface area contributed by atoms with E-state index in [1.165, 1.54) is 6.42 Å². The van der Waals surface area contributed by atoms with Crippen LogP contribution in [0.3, 0.4) is 0 Å². The highest BCUT2D eigenvalue weighted by Gasteiger charge is 2.35. The highest BCUT2D eigenvalue weighted by atomic mass is 32.1. The molecule has 31 heavy (non-hydrogen) atoms. The number of nitrogens with zero attached hydrogens (tertiary/aromatic N) is 1. The predicted molar refractivity (Wildman–Crippen MR) is 121 cm³/mol. The quantitative estimate of drug-likeness (QED) is 0.534. The summed E-state index contributed by atoms with van der Waals surface area (Å²) in [4.78, 5) is 29.6. The summed E-state index contributed by atoms with van der Waals surface area (Å²) in [7, 11) is 0. The van der Waals surface area contributed by atoms with Gasteiger partial charge in [-0.3, -0.25) is 9.59 Å².